The van der Waals surface area contributed by atoms with Gasteiger partial charge in [-0.05, 0) is 40.2 Å². The van der Waals surface area contributed by atoms with Crippen molar-refractivity contribution in [2.24, 2.45) is 7.05 Å². The minimum atomic E-state index is 0.210. The van der Waals surface area contributed by atoms with Gasteiger partial charge in [0.25, 0.3) is 0 Å². The van der Waals surface area contributed by atoms with E-state index in [9.17, 15) is 0 Å². The molecule has 0 N–H and O–H groups in total. The van der Waals surface area contributed by atoms with Crippen LogP contribution in [-0.2, 0) is 17.8 Å². The monoisotopic (exact) mass is 368 g/mol. The van der Waals surface area contributed by atoms with Crippen LogP contribution in [0.3, 0.4) is 0 Å². The third-order valence-electron chi connectivity index (χ3n) is 5.25. The highest BCUT2D eigenvalue weighted by molar-refractivity contribution is 9.08. The lowest BCUT2D eigenvalue weighted by molar-refractivity contribution is 0.500. The van der Waals surface area contributed by atoms with E-state index in [0.717, 1.165) is 17.3 Å². The van der Waals surface area contributed by atoms with Gasteiger partial charge in [-0.1, -0.05) is 60.1 Å². The zero-order chi connectivity index (χ0) is 16.2. The Morgan fingerprint density at radius 2 is 2.04 bits per heavy atom. The number of para-hydroxylation sites is 1. The number of aromatic nitrogens is 2. The SMILES string of the molecule is Cn1cnc2c(C3CC(C)(C)c4ccc(CBr)cc43)cccc21. The van der Waals surface area contributed by atoms with Gasteiger partial charge in [-0.3, -0.25) is 0 Å². The fourth-order valence-electron chi connectivity index (χ4n) is 4.07. The van der Waals surface area contributed by atoms with Gasteiger partial charge in [0, 0.05) is 18.3 Å². The Morgan fingerprint density at radius 3 is 2.83 bits per heavy atom. The van der Waals surface area contributed by atoms with Gasteiger partial charge < -0.3 is 4.57 Å². The largest absolute Gasteiger partial charge is 0.334 e. The van der Waals surface area contributed by atoms with Crippen LogP contribution in [0.1, 0.15) is 48.4 Å². The molecule has 3 aromatic rings. The minimum Gasteiger partial charge on any atom is -0.334 e. The highest BCUT2D eigenvalue weighted by Crippen LogP contribution is 2.50. The van der Waals surface area contributed by atoms with Gasteiger partial charge in [0.05, 0.1) is 17.4 Å². The van der Waals surface area contributed by atoms with Crippen LogP contribution in [0.15, 0.2) is 42.7 Å². The van der Waals surface area contributed by atoms with Gasteiger partial charge in [-0.15, -0.1) is 0 Å². The van der Waals surface area contributed by atoms with Crippen LogP contribution in [0.5, 0.6) is 0 Å². The van der Waals surface area contributed by atoms with Crippen LogP contribution >= 0.6 is 15.9 Å². The number of aryl methyl sites for hydroxylation is 1. The molecule has 1 heterocycles. The minimum absolute atomic E-state index is 0.210. The number of hydrogen-bond acceptors (Lipinski definition) is 1. The van der Waals surface area contributed by atoms with Crippen molar-refractivity contribution in [3.63, 3.8) is 0 Å². The third-order valence-corrected chi connectivity index (χ3v) is 5.90. The Bertz CT molecular complexity index is 892. The number of nitrogens with zero attached hydrogens (tertiary/aromatic N) is 2. The molecule has 1 unspecified atom stereocenters. The summed E-state index contributed by atoms with van der Waals surface area (Å²) in [6.45, 7) is 4.72. The summed E-state index contributed by atoms with van der Waals surface area (Å²) < 4.78 is 2.11. The van der Waals surface area contributed by atoms with Crippen LogP contribution in [0.25, 0.3) is 11.0 Å². The lowest BCUT2D eigenvalue weighted by Crippen LogP contribution is -2.12. The molecular formula is C20H21BrN2. The van der Waals surface area contributed by atoms with Crippen molar-refractivity contribution in [2.75, 3.05) is 0 Å². The zero-order valence-electron chi connectivity index (χ0n) is 13.8. The van der Waals surface area contributed by atoms with Crippen molar-refractivity contribution in [1.82, 2.24) is 9.55 Å². The van der Waals surface area contributed by atoms with Crippen LogP contribution < -0.4 is 0 Å². The van der Waals surface area contributed by atoms with E-state index in [4.69, 9.17) is 0 Å². The molecule has 0 saturated heterocycles. The van der Waals surface area contributed by atoms with Crippen LogP contribution in [0.2, 0.25) is 0 Å². The molecule has 1 aliphatic rings. The van der Waals surface area contributed by atoms with Gasteiger partial charge in [0.1, 0.15) is 0 Å². The number of halogens is 1. The first-order valence-corrected chi connectivity index (χ1v) is 9.22. The van der Waals surface area contributed by atoms with Gasteiger partial charge in [0.2, 0.25) is 0 Å². The predicted molar refractivity (Wildman–Crippen MR) is 99.3 cm³/mol. The summed E-state index contributed by atoms with van der Waals surface area (Å²) in [5.74, 6) is 0.428. The molecule has 0 radical (unpaired) electrons. The molecule has 1 aliphatic carbocycles. The number of benzene rings is 2. The number of rotatable bonds is 2. The van der Waals surface area contributed by atoms with Crippen molar-refractivity contribution >= 4 is 27.0 Å². The van der Waals surface area contributed by atoms with E-state index >= 15 is 0 Å². The molecule has 23 heavy (non-hydrogen) atoms. The molecule has 4 rings (SSSR count). The van der Waals surface area contributed by atoms with Crippen molar-refractivity contribution in [1.29, 1.82) is 0 Å². The molecule has 0 fully saturated rings. The van der Waals surface area contributed by atoms with Gasteiger partial charge >= 0.3 is 0 Å². The summed E-state index contributed by atoms with van der Waals surface area (Å²) in [5.41, 5.74) is 8.24. The summed E-state index contributed by atoms with van der Waals surface area (Å²) >= 11 is 3.60. The van der Waals surface area contributed by atoms with Crippen LogP contribution in [0.4, 0.5) is 0 Å². The zero-order valence-corrected chi connectivity index (χ0v) is 15.4. The second-order valence-corrected chi connectivity index (χ2v) is 7.83. The number of fused-ring (bicyclic) bond motifs is 2. The van der Waals surface area contributed by atoms with E-state index < -0.39 is 0 Å². The van der Waals surface area contributed by atoms with E-state index in [1.165, 1.54) is 27.8 Å². The van der Waals surface area contributed by atoms with E-state index in [1.54, 1.807) is 0 Å². The molecule has 1 atom stereocenters. The Kier molecular flexibility index (Phi) is 3.38. The molecule has 2 nitrogen and oxygen atoms in total. The number of imidazole rings is 1. The highest BCUT2D eigenvalue weighted by Gasteiger charge is 2.38. The van der Waals surface area contributed by atoms with E-state index in [1.807, 2.05) is 6.33 Å². The Morgan fingerprint density at radius 1 is 1.22 bits per heavy atom. The molecular weight excluding hydrogens is 348 g/mol. The standard InChI is InChI=1S/C20H21BrN2/c1-20(2)10-16(15-9-13(11-21)7-8-17(15)20)14-5-4-6-18-19(14)22-12-23(18)3/h4-9,12,16H,10-11H2,1-3H3. The van der Waals surface area contributed by atoms with Crippen molar-refractivity contribution in [2.45, 2.75) is 36.9 Å². The second kappa shape index (κ2) is 5.20. The maximum absolute atomic E-state index is 4.68. The molecule has 118 valence electrons. The summed E-state index contributed by atoms with van der Waals surface area (Å²) in [4.78, 5) is 4.68. The third kappa shape index (κ3) is 2.25. The first kappa shape index (κ1) is 14.9. The van der Waals surface area contributed by atoms with Crippen molar-refractivity contribution in [3.05, 3.63) is 65.0 Å². The predicted octanol–water partition coefficient (Wildman–Crippen LogP) is 5.28. The van der Waals surface area contributed by atoms with Gasteiger partial charge in [-0.2, -0.15) is 0 Å². The van der Waals surface area contributed by atoms with Crippen molar-refractivity contribution in [3.8, 4) is 0 Å². The molecule has 0 bridgehead atoms. The quantitative estimate of drug-likeness (QED) is 0.562. The Labute approximate surface area is 145 Å². The van der Waals surface area contributed by atoms with Crippen LogP contribution in [-0.4, -0.2) is 9.55 Å². The lowest BCUT2D eigenvalue weighted by Gasteiger charge is -2.19. The van der Waals surface area contributed by atoms with E-state index in [-0.39, 0.29) is 5.41 Å². The summed E-state index contributed by atoms with van der Waals surface area (Å²) in [6.07, 6.45) is 3.06. The molecule has 0 saturated carbocycles. The highest BCUT2D eigenvalue weighted by atomic mass is 79.9. The second-order valence-electron chi connectivity index (χ2n) is 7.27. The lowest BCUT2D eigenvalue weighted by atomic mass is 9.85. The summed E-state index contributed by atoms with van der Waals surface area (Å²) in [6, 6.07) is 13.5. The average Bonchev–Trinajstić information content (AvgIpc) is 3.05. The molecule has 1 aromatic heterocycles. The average molecular weight is 369 g/mol. The van der Waals surface area contributed by atoms with E-state index in [2.05, 4.69) is 82.8 Å². The maximum Gasteiger partial charge on any atom is 0.0955 e. The molecule has 3 heteroatoms. The fraction of sp³-hybridized carbons (Fsp3) is 0.350. The smallest absolute Gasteiger partial charge is 0.0955 e. The maximum atomic E-state index is 4.68. The Balaban J connectivity index is 1.94. The van der Waals surface area contributed by atoms with Gasteiger partial charge in [-0.25, -0.2) is 4.98 Å². The van der Waals surface area contributed by atoms with E-state index in [0.29, 0.717) is 5.92 Å². The molecule has 0 aliphatic heterocycles. The first-order chi connectivity index (χ1) is 11.0. The van der Waals surface area contributed by atoms with Crippen molar-refractivity contribution < 1.29 is 0 Å². The summed E-state index contributed by atoms with van der Waals surface area (Å²) in [5, 5.41) is 0.904. The van der Waals surface area contributed by atoms with Gasteiger partial charge in [0.15, 0.2) is 0 Å². The van der Waals surface area contributed by atoms with Crippen LogP contribution in [0, 0.1) is 0 Å². The molecule has 2 aromatic carbocycles. The molecule has 0 amide bonds. The number of hydrogen-bond donors (Lipinski definition) is 0. The first-order valence-electron chi connectivity index (χ1n) is 8.10. The topological polar surface area (TPSA) is 17.8 Å². The Hall–Kier alpha value is -1.61. The molecule has 0 spiro atoms. The fourth-order valence-corrected chi connectivity index (χ4v) is 4.42. The number of alkyl halides is 1. The normalized spacial score (nSPS) is 19.2. The summed E-state index contributed by atoms with van der Waals surface area (Å²) in [7, 11) is 2.06.